The van der Waals surface area contributed by atoms with Gasteiger partial charge >= 0.3 is 6.03 Å². The molecule has 1 aromatic heterocycles. The summed E-state index contributed by atoms with van der Waals surface area (Å²) < 4.78 is 5.80. The molecule has 2 aromatic rings. The molecule has 0 spiro atoms. The number of amides is 2. The number of benzene rings is 1. The van der Waals surface area contributed by atoms with Crippen molar-refractivity contribution in [3.63, 3.8) is 0 Å². The van der Waals surface area contributed by atoms with Crippen LogP contribution in [0.25, 0.3) is 0 Å². The Morgan fingerprint density at radius 3 is 2.54 bits per heavy atom. The maximum atomic E-state index is 12.1. The van der Waals surface area contributed by atoms with E-state index in [0.29, 0.717) is 19.1 Å². The molecule has 0 radical (unpaired) electrons. The summed E-state index contributed by atoms with van der Waals surface area (Å²) in [4.78, 5) is 17.9. The SMILES string of the molecule is Cc1cccc(C)c1OCCNC(=O)N1CC(c2ccncc2)C1. The molecule has 5 nitrogen and oxygen atoms in total. The Morgan fingerprint density at radius 2 is 1.88 bits per heavy atom. The summed E-state index contributed by atoms with van der Waals surface area (Å²) in [7, 11) is 0. The van der Waals surface area contributed by atoms with Crippen molar-refractivity contribution in [2.75, 3.05) is 26.2 Å². The number of likely N-dealkylation sites (tertiary alicyclic amines) is 1. The number of aromatic nitrogens is 1. The van der Waals surface area contributed by atoms with Gasteiger partial charge in [0.15, 0.2) is 0 Å². The number of carbonyl (C=O) groups excluding carboxylic acids is 1. The number of para-hydroxylation sites is 1. The van der Waals surface area contributed by atoms with Gasteiger partial charge < -0.3 is 15.0 Å². The molecule has 1 fully saturated rings. The number of urea groups is 1. The van der Waals surface area contributed by atoms with Gasteiger partial charge in [0.1, 0.15) is 12.4 Å². The molecule has 1 aromatic carbocycles. The van der Waals surface area contributed by atoms with Crippen molar-refractivity contribution in [3.8, 4) is 5.75 Å². The van der Waals surface area contributed by atoms with Crippen LogP contribution in [0, 0.1) is 13.8 Å². The zero-order chi connectivity index (χ0) is 16.9. The molecular weight excluding hydrogens is 302 g/mol. The van der Waals surface area contributed by atoms with Crippen molar-refractivity contribution >= 4 is 6.03 Å². The maximum Gasteiger partial charge on any atom is 0.317 e. The molecule has 1 saturated heterocycles. The fourth-order valence-electron chi connectivity index (χ4n) is 2.94. The minimum atomic E-state index is -0.0228. The van der Waals surface area contributed by atoms with Gasteiger partial charge in [0.05, 0.1) is 6.54 Å². The van der Waals surface area contributed by atoms with Crippen LogP contribution in [0.5, 0.6) is 5.75 Å². The number of nitrogens with one attached hydrogen (secondary N) is 1. The maximum absolute atomic E-state index is 12.1. The van der Waals surface area contributed by atoms with E-state index in [4.69, 9.17) is 4.74 Å². The van der Waals surface area contributed by atoms with E-state index in [1.165, 1.54) is 5.56 Å². The van der Waals surface area contributed by atoms with E-state index >= 15 is 0 Å². The van der Waals surface area contributed by atoms with E-state index < -0.39 is 0 Å². The molecule has 0 aliphatic carbocycles. The largest absolute Gasteiger partial charge is 0.491 e. The number of rotatable bonds is 5. The minimum absolute atomic E-state index is 0.0228. The number of hydrogen-bond acceptors (Lipinski definition) is 3. The predicted octanol–water partition coefficient (Wildman–Crippen LogP) is 2.89. The van der Waals surface area contributed by atoms with Gasteiger partial charge in [-0.15, -0.1) is 0 Å². The molecule has 0 atom stereocenters. The van der Waals surface area contributed by atoms with E-state index in [9.17, 15) is 4.79 Å². The van der Waals surface area contributed by atoms with Crippen LogP contribution < -0.4 is 10.1 Å². The van der Waals surface area contributed by atoms with Crippen LogP contribution in [0.3, 0.4) is 0 Å². The first-order valence-corrected chi connectivity index (χ1v) is 8.27. The Labute approximate surface area is 142 Å². The lowest BCUT2D eigenvalue weighted by Crippen LogP contribution is -2.53. The van der Waals surface area contributed by atoms with Gasteiger partial charge in [-0.3, -0.25) is 4.98 Å². The Kier molecular flexibility index (Phi) is 4.99. The van der Waals surface area contributed by atoms with Crippen LogP contribution in [0.1, 0.15) is 22.6 Å². The number of carbonyl (C=O) groups is 1. The lowest BCUT2D eigenvalue weighted by Gasteiger charge is -2.39. The summed E-state index contributed by atoms with van der Waals surface area (Å²) in [5, 5.41) is 2.92. The third kappa shape index (κ3) is 3.67. The van der Waals surface area contributed by atoms with Crippen molar-refractivity contribution in [3.05, 3.63) is 59.4 Å². The summed E-state index contributed by atoms with van der Waals surface area (Å²) in [6, 6.07) is 10.1. The van der Waals surface area contributed by atoms with Gasteiger partial charge in [0.25, 0.3) is 0 Å². The monoisotopic (exact) mass is 325 g/mol. The number of pyridine rings is 1. The minimum Gasteiger partial charge on any atom is -0.491 e. The highest BCUT2D eigenvalue weighted by atomic mass is 16.5. The van der Waals surface area contributed by atoms with Crippen molar-refractivity contribution < 1.29 is 9.53 Å². The van der Waals surface area contributed by atoms with Crippen LogP contribution in [0.15, 0.2) is 42.7 Å². The summed E-state index contributed by atoms with van der Waals surface area (Å²) in [5.74, 6) is 1.33. The second-order valence-electron chi connectivity index (χ2n) is 6.18. The van der Waals surface area contributed by atoms with Crippen molar-refractivity contribution in [2.45, 2.75) is 19.8 Å². The van der Waals surface area contributed by atoms with Crippen LogP contribution in [0.4, 0.5) is 4.79 Å². The first kappa shape index (κ1) is 16.3. The zero-order valence-corrected chi connectivity index (χ0v) is 14.2. The summed E-state index contributed by atoms with van der Waals surface area (Å²) >= 11 is 0. The number of ether oxygens (including phenoxy) is 1. The van der Waals surface area contributed by atoms with E-state index in [1.807, 2.05) is 49.1 Å². The summed E-state index contributed by atoms with van der Waals surface area (Å²) in [6.07, 6.45) is 3.59. The van der Waals surface area contributed by atoms with Crippen molar-refractivity contribution in [2.24, 2.45) is 0 Å². The first-order valence-electron chi connectivity index (χ1n) is 8.27. The second kappa shape index (κ2) is 7.34. The Bertz CT molecular complexity index is 677. The van der Waals surface area contributed by atoms with Crippen LogP contribution >= 0.6 is 0 Å². The normalized spacial score (nSPS) is 14.2. The standard InChI is InChI=1S/C19H23N3O2/c1-14-4-3-5-15(2)18(14)24-11-10-21-19(23)22-12-17(13-22)16-6-8-20-9-7-16/h3-9,17H,10-13H2,1-2H3,(H,21,23). The van der Waals surface area contributed by atoms with E-state index in [1.54, 1.807) is 12.4 Å². The molecule has 2 amide bonds. The number of nitrogens with zero attached hydrogens (tertiary/aromatic N) is 2. The molecule has 24 heavy (non-hydrogen) atoms. The molecule has 3 rings (SSSR count). The van der Waals surface area contributed by atoms with Gasteiger partial charge in [-0.1, -0.05) is 18.2 Å². The molecule has 5 heteroatoms. The zero-order valence-electron chi connectivity index (χ0n) is 14.2. The van der Waals surface area contributed by atoms with Crippen LogP contribution in [-0.4, -0.2) is 42.2 Å². The van der Waals surface area contributed by atoms with E-state index in [2.05, 4.69) is 10.3 Å². The summed E-state index contributed by atoms with van der Waals surface area (Å²) in [6.45, 7) is 6.55. The fraction of sp³-hybridized carbons (Fsp3) is 0.368. The lowest BCUT2D eigenvalue weighted by atomic mass is 9.93. The topological polar surface area (TPSA) is 54.5 Å². The smallest absolute Gasteiger partial charge is 0.317 e. The van der Waals surface area contributed by atoms with Gasteiger partial charge in [-0.2, -0.15) is 0 Å². The third-order valence-electron chi connectivity index (χ3n) is 4.38. The van der Waals surface area contributed by atoms with Crippen molar-refractivity contribution in [1.29, 1.82) is 0 Å². The second-order valence-corrected chi connectivity index (χ2v) is 6.18. The number of aryl methyl sites for hydroxylation is 2. The molecule has 1 aliphatic rings. The lowest BCUT2D eigenvalue weighted by molar-refractivity contribution is 0.149. The van der Waals surface area contributed by atoms with Crippen LogP contribution in [-0.2, 0) is 0 Å². The fourth-order valence-corrected chi connectivity index (χ4v) is 2.94. The average Bonchev–Trinajstić information content (AvgIpc) is 2.53. The molecule has 0 unspecified atom stereocenters. The number of hydrogen-bond donors (Lipinski definition) is 1. The molecular formula is C19H23N3O2. The average molecular weight is 325 g/mol. The van der Waals surface area contributed by atoms with Crippen molar-refractivity contribution in [1.82, 2.24) is 15.2 Å². The molecule has 0 bridgehead atoms. The van der Waals surface area contributed by atoms with Gasteiger partial charge in [0, 0.05) is 31.4 Å². The highest BCUT2D eigenvalue weighted by Gasteiger charge is 2.31. The van der Waals surface area contributed by atoms with Gasteiger partial charge in [0.2, 0.25) is 0 Å². The molecule has 126 valence electrons. The summed E-state index contributed by atoms with van der Waals surface area (Å²) in [5.41, 5.74) is 3.47. The first-order chi connectivity index (χ1) is 11.6. The van der Waals surface area contributed by atoms with Gasteiger partial charge in [-0.05, 0) is 42.7 Å². The highest BCUT2D eigenvalue weighted by molar-refractivity contribution is 5.75. The molecule has 0 saturated carbocycles. The third-order valence-corrected chi connectivity index (χ3v) is 4.38. The van der Waals surface area contributed by atoms with E-state index in [0.717, 1.165) is 30.0 Å². The Balaban J connectivity index is 1.38. The van der Waals surface area contributed by atoms with E-state index in [-0.39, 0.29) is 6.03 Å². The molecule has 2 heterocycles. The Morgan fingerprint density at radius 1 is 1.21 bits per heavy atom. The molecule has 1 aliphatic heterocycles. The van der Waals surface area contributed by atoms with Gasteiger partial charge in [-0.25, -0.2) is 4.79 Å². The quantitative estimate of drug-likeness (QED) is 0.860. The highest BCUT2D eigenvalue weighted by Crippen LogP contribution is 2.26. The molecule has 1 N–H and O–H groups in total. The predicted molar refractivity (Wildman–Crippen MR) is 93.4 cm³/mol. The Hall–Kier alpha value is -2.56. The van der Waals surface area contributed by atoms with Crippen LogP contribution in [0.2, 0.25) is 0 Å².